The predicted molar refractivity (Wildman–Crippen MR) is 105 cm³/mol. The van der Waals surface area contributed by atoms with Crippen molar-refractivity contribution < 1.29 is 9.47 Å². The van der Waals surface area contributed by atoms with Crippen molar-refractivity contribution in [3.63, 3.8) is 0 Å². The van der Waals surface area contributed by atoms with Gasteiger partial charge in [-0.15, -0.1) is 24.0 Å². The Morgan fingerprint density at radius 3 is 2.52 bits per heavy atom. The molecule has 1 fully saturated rings. The molecule has 0 aromatic heterocycles. The summed E-state index contributed by atoms with van der Waals surface area (Å²) in [6.45, 7) is 5.71. The molecule has 6 nitrogen and oxygen atoms in total. The summed E-state index contributed by atoms with van der Waals surface area (Å²) in [6, 6.07) is 8.65. The van der Waals surface area contributed by atoms with Crippen molar-refractivity contribution in [3.05, 3.63) is 29.8 Å². The number of hydrogen-bond acceptors (Lipinski definition) is 4. The molecule has 1 saturated heterocycles. The summed E-state index contributed by atoms with van der Waals surface area (Å²) < 4.78 is 10.4. The van der Waals surface area contributed by atoms with E-state index >= 15 is 0 Å². The Morgan fingerprint density at radius 2 is 1.91 bits per heavy atom. The van der Waals surface area contributed by atoms with Crippen LogP contribution in [-0.4, -0.2) is 59.6 Å². The number of hydrogen-bond donors (Lipinski definition) is 2. The molecule has 0 radical (unpaired) electrons. The maximum Gasteiger partial charge on any atom is 0.191 e. The molecule has 0 spiro atoms. The number of halogens is 1. The van der Waals surface area contributed by atoms with E-state index in [1.807, 2.05) is 0 Å². The number of anilines is 1. The van der Waals surface area contributed by atoms with Crippen LogP contribution in [0.15, 0.2) is 29.3 Å². The van der Waals surface area contributed by atoms with Crippen LogP contribution in [0, 0.1) is 0 Å². The Morgan fingerprint density at radius 1 is 1.22 bits per heavy atom. The van der Waals surface area contributed by atoms with Crippen LogP contribution < -0.4 is 15.5 Å². The fraction of sp³-hybridized carbons (Fsp3) is 0.562. The Balaban J connectivity index is 0.00000264. The second-order valence-electron chi connectivity index (χ2n) is 5.11. The van der Waals surface area contributed by atoms with Crippen LogP contribution in [0.4, 0.5) is 5.69 Å². The molecule has 1 aliphatic heterocycles. The van der Waals surface area contributed by atoms with Crippen LogP contribution in [0.3, 0.4) is 0 Å². The van der Waals surface area contributed by atoms with E-state index in [0.29, 0.717) is 6.61 Å². The van der Waals surface area contributed by atoms with Gasteiger partial charge in [-0.05, 0) is 17.7 Å². The average Bonchev–Trinajstić information content (AvgIpc) is 2.59. The number of guanidine groups is 1. The third-order valence-electron chi connectivity index (χ3n) is 3.59. The van der Waals surface area contributed by atoms with E-state index in [2.05, 4.69) is 44.8 Å². The predicted octanol–water partition coefficient (Wildman–Crippen LogP) is 1.45. The van der Waals surface area contributed by atoms with Gasteiger partial charge in [0.25, 0.3) is 0 Å². The lowest BCUT2D eigenvalue weighted by Gasteiger charge is -2.28. The number of nitrogens with one attached hydrogen (secondary N) is 2. The number of morpholine rings is 1. The Kier molecular flexibility index (Phi) is 9.97. The molecule has 0 aliphatic carbocycles. The van der Waals surface area contributed by atoms with Crippen LogP contribution >= 0.6 is 24.0 Å². The number of aliphatic imine (C=N–C) groups is 1. The van der Waals surface area contributed by atoms with Crippen LogP contribution in [0.25, 0.3) is 0 Å². The molecule has 23 heavy (non-hydrogen) atoms. The summed E-state index contributed by atoms with van der Waals surface area (Å²) in [5, 5.41) is 6.49. The van der Waals surface area contributed by atoms with Crippen molar-refractivity contribution in [2.75, 3.05) is 58.5 Å². The molecule has 0 amide bonds. The topological polar surface area (TPSA) is 58.1 Å². The molecular weight excluding hydrogens is 407 g/mol. The standard InChI is InChI=1S/C16H26N4O2.HI/c1-17-16(18-7-10-21-2)19-13-14-3-5-15(6-4-14)20-8-11-22-12-9-20;/h3-6H,7-13H2,1-2H3,(H2,17,18,19);1H. The molecule has 0 atom stereocenters. The van der Waals surface area contributed by atoms with Gasteiger partial charge in [0, 0.05) is 46.0 Å². The molecular formula is C16H27IN4O2. The maximum absolute atomic E-state index is 5.38. The minimum Gasteiger partial charge on any atom is -0.383 e. The number of ether oxygens (including phenoxy) is 2. The minimum absolute atomic E-state index is 0. The first-order valence-electron chi connectivity index (χ1n) is 7.68. The monoisotopic (exact) mass is 434 g/mol. The van der Waals surface area contributed by atoms with Crippen molar-refractivity contribution in [2.24, 2.45) is 4.99 Å². The Labute approximate surface area is 155 Å². The van der Waals surface area contributed by atoms with Crippen LogP contribution in [0.5, 0.6) is 0 Å². The third-order valence-corrected chi connectivity index (χ3v) is 3.59. The molecule has 2 N–H and O–H groups in total. The zero-order chi connectivity index (χ0) is 15.6. The van der Waals surface area contributed by atoms with Crippen molar-refractivity contribution in [3.8, 4) is 0 Å². The van der Waals surface area contributed by atoms with E-state index in [0.717, 1.165) is 45.4 Å². The van der Waals surface area contributed by atoms with Gasteiger partial charge in [0.05, 0.1) is 19.8 Å². The quantitative estimate of drug-likeness (QED) is 0.307. The zero-order valence-corrected chi connectivity index (χ0v) is 16.2. The molecule has 1 heterocycles. The molecule has 7 heteroatoms. The van der Waals surface area contributed by atoms with E-state index in [-0.39, 0.29) is 24.0 Å². The summed E-state index contributed by atoms with van der Waals surface area (Å²) in [4.78, 5) is 6.54. The molecule has 0 unspecified atom stereocenters. The Hall–Kier alpha value is -1.06. The highest BCUT2D eigenvalue weighted by Gasteiger charge is 2.10. The van der Waals surface area contributed by atoms with Crippen molar-refractivity contribution in [1.29, 1.82) is 0 Å². The lowest BCUT2D eigenvalue weighted by Crippen LogP contribution is -2.38. The van der Waals surface area contributed by atoms with Crippen LogP contribution in [-0.2, 0) is 16.0 Å². The van der Waals surface area contributed by atoms with E-state index in [4.69, 9.17) is 9.47 Å². The number of rotatable bonds is 6. The average molecular weight is 434 g/mol. The summed E-state index contributed by atoms with van der Waals surface area (Å²) >= 11 is 0. The van der Waals surface area contributed by atoms with Crippen molar-refractivity contribution in [1.82, 2.24) is 10.6 Å². The first-order chi connectivity index (χ1) is 10.8. The summed E-state index contributed by atoms with van der Waals surface area (Å²) in [7, 11) is 3.46. The third kappa shape index (κ3) is 6.92. The highest BCUT2D eigenvalue weighted by Crippen LogP contribution is 2.16. The second-order valence-corrected chi connectivity index (χ2v) is 5.11. The Bertz CT molecular complexity index is 462. The zero-order valence-electron chi connectivity index (χ0n) is 13.9. The number of nitrogens with zero attached hydrogens (tertiary/aromatic N) is 2. The molecule has 1 aromatic carbocycles. The highest BCUT2D eigenvalue weighted by atomic mass is 127. The van der Waals surface area contributed by atoms with E-state index in [1.165, 1.54) is 11.3 Å². The molecule has 0 saturated carbocycles. The van der Waals surface area contributed by atoms with Gasteiger partial charge in [0.15, 0.2) is 5.96 Å². The second kappa shape index (κ2) is 11.5. The maximum atomic E-state index is 5.38. The van der Waals surface area contributed by atoms with E-state index in [1.54, 1.807) is 14.2 Å². The number of benzene rings is 1. The van der Waals surface area contributed by atoms with Crippen LogP contribution in [0.1, 0.15) is 5.56 Å². The first kappa shape index (κ1) is 20.0. The van der Waals surface area contributed by atoms with Gasteiger partial charge in [0.2, 0.25) is 0 Å². The van der Waals surface area contributed by atoms with Gasteiger partial charge in [-0.3, -0.25) is 4.99 Å². The van der Waals surface area contributed by atoms with E-state index in [9.17, 15) is 0 Å². The van der Waals surface area contributed by atoms with Gasteiger partial charge in [-0.2, -0.15) is 0 Å². The van der Waals surface area contributed by atoms with Gasteiger partial charge in [-0.1, -0.05) is 12.1 Å². The summed E-state index contributed by atoms with van der Waals surface area (Å²) in [5.41, 5.74) is 2.49. The summed E-state index contributed by atoms with van der Waals surface area (Å²) in [5.74, 6) is 0.786. The minimum atomic E-state index is 0. The van der Waals surface area contributed by atoms with Crippen molar-refractivity contribution >= 4 is 35.6 Å². The normalized spacial score (nSPS) is 15.0. The highest BCUT2D eigenvalue weighted by molar-refractivity contribution is 14.0. The van der Waals surface area contributed by atoms with E-state index < -0.39 is 0 Å². The largest absolute Gasteiger partial charge is 0.383 e. The lowest BCUT2D eigenvalue weighted by atomic mass is 10.2. The SMILES string of the molecule is CN=C(NCCOC)NCc1ccc(N2CCOCC2)cc1.I. The molecule has 1 aromatic rings. The van der Waals surface area contributed by atoms with Gasteiger partial charge in [-0.25, -0.2) is 0 Å². The number of methoxy groups -OCH3 is 1. The fourth-order valence-corrected chi connectivity index (χ4v) is 2.32. The molecule has 2 rings (SSSR count). The van der Waals surface area contributed by atoms with Gasteiger partial charge >= 0.3 is 0 Å². The molecule has 1 aliphatic rings. The molecule has 0 bridgehead atoms. The van der Waals surface area contributed by atoms with Gasteiger partial charge in [0.1, 0.15) is 0 Å². The molecule has 130 valence electrons. The fourth-order valence-electron chi connectivity index (χ4n) is 2.32. The first-order valence-corrected chi connectivity index (χ1v) is 7.68. The van der Waals surface area contributed by atoms with Crippen molar-refractivity contribution in [2.45, 2.75) is 6.54 Å². The van der Waals surface area contributed by atoms with Crippen LogP contribution in [0.2, 0.25) is 0 Å². The summed E-state index contributed by atoms with van der Waals surface area (Å²) in [6.07, 6.45) is 0. The smallest absolute Gasteiger partial charge is 0.191 e. The van der Waals surface area contributed by atoms with Gasteiger partial charge < -0.3 is 25.0 Å². The lowest BCUT2D eigenvalue weighted by molar-refractivity contribution is 0.122.